The van der Waals surface area contributed by atoms with Crippen LogP contribution in [0.4, 0.5) is 0 Å². The lowest BCUT2D eigenvalue weighted by Gasteiger charge is -2.09. The Balaban J connectivity index is 2.32. The van der Waals surface area contributed by atoms with Crippen LogP contribution in [0.25, 0.3) is 10.2 Å². The molecule has 3 nitrogen and oxygen atoms in total. The van der Waals surface area contributed by atoms with Crippen molar-refractivity contribution in [1.29, 1.82) is 0 Å². The van der Waals surface area contributed by atoms with Gasteiger partial charge in [-0.15, -0.1) is 11.3 Å². The Bertz CT molecular complexity index is 568. The number of fused-ring (bicyclic) bond motifs is 1. The quantitative estimate of drug-likeness (QED) is 0.786. The molecule has 2 rings (SSSR count). The van der Waals surface area contributed by atoms with Gasteiger partial charge < -0.3 is 4.74 Å². The molecule has 0 fully saturated rings. The Morgan fingerprint density at radius 2 is 2.06 bits per heavy atom. The number of aryl methyl sites for hydroxylation is 2. The van der Waals surface area contributed by atoms with E-state index in [2.05, 4.69) is 30.7 Å². The standard InChI is InChI=1S/C13H17ClN2OS/c1-5-7(2)17-6-10-15-12(14)11-8(3)9(4)18-13(11)16-10/h7H,5-6H2,1-4H3. The number of halogens is 1. The van der Waals surface area contributed by atoms with Crippen LogP contribution in [-0.2, 0) is 11.3 Å². The van der Waals surface area contributed by atoms with E-state index in [0.717, 1.165) is 16.6 Å². The maximum Gasteiger partial charge on any atom is 0.157 e. The van der Waals surface area contributed by atoms with E-state index >= 15 is 0 Å². The third kappa shape index (κ3) is 2.66. The predicted octanol–water partition coefficient (Wildman–Crippen LogP) is 4.28. The van der Waals surface area contributed by atoms with Crippen molar-refractivity contribution in [1.82, 2.24) is 9.97 Å². The number of nitrogens with zero attached hydrogens (tertiary/aromatic N) is 2. The molecule has 98 valence electrons. The van der Waals surface area contributed by atoms with Crippen LogP contribution in [0.3, 0.4) is 0 Å². The molecule has 18 heavy (non-hydrogen) atoms. The van der Waals surface area contributed by atoms with Crippen LogP contribution in [0, 0.1) is 13.8 Å². The van der Waals surface area contributed by atoms with Gasteiger partial charge in [0, 0.05) is 4.88 Å². The first-order valence-electron chi connectivity index (χ1n) is 6.06. The summed E-state index contributed by atoms with van der Waals surface area (Å²) in [6.07, 6.45) is 1.20. The summed E-state index contributed by atoms with van der Waals surface area (Å²) in [5.41, 5.74) is 1.18. The predicted molar refractivity (Wildman–Crippen MR) is 76.4 cm³/mol. The van der Waals surface area contributed by atoms with E-state index in [1.54, 1.807) is 11.3 Å². The number of thiophene rings is 1. The van der Waals surface area contributed by atoms with E-state index in [9.17, 15) is 0 Å². The highest BCUT2D eigenvalue weighted by atomic mass is 35.5. The molecule has 1 atom stereocenters. The zero-order valence-corrected chi connectivity index (χ0v) is 12.7. The minimum absolute atomic E-state index is 0.217. The van der Waals surface area contributed by atoms with Crippen LogP contribution in [0.2, 0.25) is 5.15 Å². The van der Waals surface area contributed by atoms with E-state index in [4.69, 9.17) is 16.3 Å². The lowest BCUT2D eigenvalue weighted by Crippen LogP contribution is -2.08. The Kier molecular flexibility index (Phi) is 4.20. The second-order valence-corrected chi connectivity index (χ2v) is 5.99. The molecule has 2 aromatic heterocycles. The molecule has 0 saturated carbocycles. The van der Waals surface area contributed by atoms with E-state index in [1.165, 1.54) is 10.4 Å². The Hall–Kier alpha value is -0.710. The van der Waals surface area contributed by atoms with Crippen molar-refractivity contribution in [3.05, 3.63) is 21.4 Å². The Labute approximate surface area is 116 Å². The highest BCUT2D eigenvalue weighted by Crippen LogP contribution is 2.32. The lowest BCUT2D eigenvalue weighted by molar-refractivity contribution is 0.0469. The molecule has 0 aliphatic rings. The van der Waals surface area contributed by atoms with Crippen molar-refractivity contribution < 1.29 is 4.74 Å². The fourth-order valence-corrected chi connectivity index (χ4v) is 3.07. The zero-order chi connectivity index (χ0) is 13.3. The number of hydrogen-bond donors (Lipinski definition) is 0. The molecule has 0 radical (unpaired) electrons. The van der Waals surface area contributed by atoms with Crippen LogP contribution < -0.4 is 0 Å². The maximum atomic E-state index is 6.23. The largest absolute Gasteiger partial charge is 0.371 e. The minimum atomic E-state index is 0.217. The molecule has 0 N–H and O–H groups in total. The summed E-state index contributed by atoms with van der Waals surface area (Å²) in [5.74, 6) is 0.661. The molecule has 0 amide bonds. The van der Waals surface area contributed by atoms with Crippen LogP contribution in [0.5, 0.6) is 0 Å². The van der Waals surface area contributed by atoms with Gasteiger partial charge >= 0.3 is 0 Å². The van der Waals surface area contributed by atoms with Gasteiger partial charge in [-0.25, -0.2) is 9.97 Å². The van der Waals surface area contributed by atoms with Gasteiger partial charge in [0.05, 0.1) is 11.5 Å². The maximum absolute atomic E-state index is 6.23. The SMILES string of the molecule is CCC(C)OCc1nc(Cl)c2c(C)c(C)sc2n1. The molecule has 0 saturated heterocycles. The number of ether oxygens (including phenoxy) is 1. The van der Waals surface area contributed by atoms with Crippen molar-refractivity contribution in [3.8, 4) is 0 Å². The van der Waals surface area contributed by atoms with Gasteiger partial charge in [0.1, 0.15) is 16.6 Å². The van der Waals surface area contributed by atoms with Gasteiger partial charge in [-0.2, -0.15) is 0 Å². The summed E-state index contributed by atoms with van der Waals surface area (Å²) in [6, 6.07) is 0. The Morgan fingerprint density at radius 1 is 1.33 bits per heavy atom. The normalized spacial score (nSPS) is 13.2. The number of hydrogen-bond acceptors (Lipinski definition) is 4. The summed E-state index contributed by atoms with van der Waals surface area (Å²) in [4.78, 5) is 11.0. The summed E-state index contributed by atoms with van der Waals surface area (Å²) in [6.45, 7) is 8.68. The van der Waals surface area contributed by atoms with E-state index in [-0.39, 0.29) is 6.10 Å². The van der Waals surface area contributed by atoms with Crippen molar-refractivity contribution in [2.24, 2.45) is 0 Å². The molecule has 0 aliphatic carbocycles. The molecule has 1 unspecified atom stereocenters. The second-order valence-electron chi connectivity index (χ2n) is 4.42. The van der Waals surface area contributed by atoms with Gasteiger partial charge in [-0.1, -0.05) is 18.5 Å². The smallest absolute Gasteiger partial charge is 0.157 e. The average molecular weight is 285 g/mol. The summed E-state index contributed by atoms with van der Waals surface area (Å²) >= 11 is 7.89. The second kappa shape index (κ2) is 5.51. The first-order valence-corrected chi connectivity index (χ1v) is 7.26. The van der Waals surface area contributed by atoms with Crippen LogP contribution in [0.1, 0.15) is 36.5 Å². The highest BCUT2D eigenvalue weighted by molar-refractivity contribution is 7.18. The monoisotopic (exact) mass is 284 g/mol. The van der Waals surface area contributed by atoms with Crippen LogP contribution in [-0.4, -0.2) is 16.1 Å². The zero-order valence-electron chi connectivity index (χ0n) is 11.1. The van der Waals surface area contributed by atoms with E-state index < -0.39 is 0 Å². The topological polar surface area (TPSA) is 35.0 Å². The fraction of sp³-hybridized carbons (Fsp3) is 0.538. The third-order valence-electron chi connectivity index (χ3n) is 3.10. The average Bonchev–Trinajstić information content (AvgIpc) is 2.62. The third-order valence-corrected chi connectivity index (χ3v) is 4.48. The van der Waals surface area contributed by atoms with Crippen molar-refractivity contribution in [2.45, 2.75) is 46.8 Å². The molecule has 5 heteroatoms. The van der Waals surface area contributed by atoms with E-state index in [0.29, 0.717) is 17.6 Å². The first kappa shape index (κ1) is 13.7. The van der Waals surface area contributed by atoms with Gasteiger partial charge in [-0.05, 0) is 32.8 Å². The lowest BCUT2D eigenvalue weighted by atomic mass is 10.2. The molecule has 2 aromatic rings. The van der Waals surface area contributed by atoms with Crippen LogP contribution in [0.15, 0.2) is 0 Å². The highest BCUT2D eigenvalue weighted by Gasteiger charge is 2.13. The van der Waals surface area contributed by atoms with Crippen molar-refractivity contribution >= 4 is 33.2 Å². The molecule has 2 heterocycles. The summed E-state index contributed by atoms with van der Waals surface area (Å²) in [5, 5.41) is 1.51. The Morgan fingerprint density at radius 3 is 2.72 bits per heavy atom. The molecular formula is C13H17ClN2OS. The van der Waals surface area contributed by atoms with Crippen LogP contribution >= 0.6 is 22.9 Å². The molecular weight excluding hydrogens is 268 g/mol. The molecule has 0 spiro atoms. The van der Waals surface area contributed by atoms with Gasteiger partial charge in [-0.3, -0.25) is 0 Å². The van der Waals surface area contributed by atoms with Gasteiger partial charge in [0.2, 0.25) is 0 Å². The van der Waals surface area contributed by atoms with Crippen molar-refractivity contribution in [2.75, 3.05) is 0 Å². The molecule has 0 aliphatic heterocycles. The first-order chi connectivity index (χ1) is 8.52. The van der Waals surface area contributed by atoms with Crippen molar-refractivity contribution in [3.63, 3.8) is 0 Å². The van der Waals surface area contributed by atoms with Gasteiger partial charge in [0.25, 0.3) is 0 Å². The van der Waals surface area contributed by atoms with E-state index in [1.807, 2.05) is 6.92 Å². The minimum Gasteiger partial charge on any atom is -0.371 e. The van der Waals surface area contributed by atoms with Gasteiger partial charge in [0.15, 0.2) is 5.82 Å². The summed E-state index contributed by atoms with van der Waals surface area (Å²) in [7, 11) is 0. The number of aromatic nitrogens is 2. The fourth-order valence-electron chi connectivity index (χ4n) is 1.64. The number of rotatable bonds is 4. The molecule has 0 bridgehead atoms. The molecule has 0 aromatic carbocycles. The summed E-state index contributed by atoms with van der Waals surface area (Å²) < 4.78 is 5.64.